The van der Waals surface area contributed by atoms with Crippen molar-refractivity contribution < 1.29 is 14.6 Å². The molecule has 1 N–H and O–H groups in total. The fourth-order valence-corrected chi connectivity index (χ4v) is 1.56. The number of alkyl halides is 1. The van der Waals surface area contributed by atoms with Gasteiger partial charge in [0.25, 0.3) is 0 Å². The lowest BCUT2D eigenvalue weighted by Crippen LogP contribution is -2.00. The fraction of sp³-hybridized carbons (Fsp3) is 0.250. The summed E-state index contributed by atoms with van der Waals surface area (Å²) in [4.78, 5) is 10.6. The first-order chi connectivity index (χ1) is 7.67. The molecule has 0 radical (unpaired) electrons. The molecule has 0 unspecified atom stereocenters. The Kier molecular flexibility index (Phi) is 5.05. The van der Waals surface area contributed by atoms with Crippen LogP contribution >= 0.6 is 15.9 Å². The second-order valence-corrected chi connectivity index (χ2v) is 3.85. The number of carboxylic acid groups (broad SMARTS) is 1. The molecule has 0 bridgehead atoms. The van der Waals surface area contributed by atoms with Gasteiger partial charge in [0.2, 0.25) is 0 Å². The average molecular weight is 285 g/mol. The van der Waals surface area contributed by atoms with Crippen molar-refractivity contribution in [2.45, 2.75) is 6.42 Å². The minimum absolute atomic E-state index is 0.0269. The number of ether oxygens (including phenoxy) is 1. The van der Waals surface area contributed by atoms with E-state index in [0.29, 0.717) is 0 Å². The van der Waals surface area contributed by atoms with E-state index >= 15 is 0 Å². The van der Waals surface area contributed by atoms with Crippen LogP contribution in [0.2, 0.25) is 0 Å². The zero-order valence-electron chi connectivity index (χ0n) is 8.94. The maximum Gasteiger partial charge on any atom is 0.307 e. The molecule has 16 heavy (non-hydrogen) atoms. The lowest BCUT2D eigenvalue weighted by Gasteiger charge is -2.06. The number of hydrogen-bond donors (Lipinski definition) is 1. The first-order valence-electron chi connectivity index (χ1n) is 4.78. The van der Waals surface area contributed by atoms with Gasteiger partial charge >= 0.3 is 5.97 Å². The Bertz CT molecular complexity index is 399. The van der Waals surface area contributed by atoms with Crippen LogP contribution in [0.5, 0.6) is 5.75 Å². The molecule has 1 aromatic rings. The van der Waals surface area contributed by atoms with Gasteiger partial charge in [0, 0.05) is 10.9 Å². The lowest BCUT2D eigenvalue weighted by molar-refractivity contribution is -0.136. The smallest absolute Gasteiger partial charge is 0.307 e. The molecule has 0 aliphatic heterocycles. The van der Waals surface area contributed by atoms with Crippen molar-refractivity contribution in [3.05, 3.63) is 35.4 Å². The number of carbonyl (C=O) groups is 1. The number of hydrogen-bond acceptors (Lipinski definition) is 2. The van der Waals surface area contributed by atoms with Crippen molar-refractivity contribution in [2.24, 2.45) is 0 Å². The average Bonchev–Trinajstić information content (AvgIpc) is 2.25. The molecule has 0 aromatic heterocycles. The first kappa shape index (κ1) is 12.8. The second-order valence-electron chi connectivity index (χ2n) is 3.20. The number of halogens is 1. The third kappa shape index (κ3) is 3.70. The second kappa shape index (κ2) is 6.33. The molecule has 86 valence electrons. The summed E-state index contributed by atoms with van der Waals surface area (Å²) in [6.07, 6.45) is 3.86. The van der Waals surface area contributed by atoms with Crippen LogP contribution in [-0.2, 0) is 11.2 Å². The van der Waals surface area contributed by atoms with Gasteiger partial charge in [-0.15, -0.1) is 0 Å². The van der Waals surface area contributed by atoms with Crippen molar-refractivity contribution in [2.75, 3.05) is 12.4 Å². The van der Waals surface area contributed by atoms with E-state index in [9.17, 15) is 4.79 Å². The molecule has 1 aromatic carbocycles. The van der Waals surface area contributed by atoms with Crippen molar-refractivity contribution in [1.82, 2.24) is 0 Å². The third-order valence-electron chi connectivity index (χ3n) is 2.04. The van der Waals surface area contributed by atoms with Crippen molar-refractivity contribution in [3.8, 4) is 5.75 Å². The van der Waals surface area contributed by atoms with E-state index in [1.54, 1.807) is 19.2 Å². The molecule has 0 aliphatic rings. The van der Waals surface area contributed by atoms with Crippen LogP contribution in [0.25, 0.3) is 6.08 Å². The molecule has 0 fully saturated rings. The fourth-order valence-electron chi connectivity index (χ4n) is 1.37. The van der Waals surface area contributed by atoms with E-state index in [2.05, 4.69) is 15.9 Å². The summed E-state index contributed by atoms with van der Waals surface area (Å²) in [5, 5.41) is 9.45. The normalized spacial score (nSPS) is 10.6. The van der Waals surface area contributed by atoms with Crippen LogP contribution in [0.3, 0.4) is 0 Å². The molecule has 0 amide bonds. The largest absolute Gasteiger partial charge is 0.496 e. The quantitative estimate of drug-likeness (QED) is 0.846. The topological polar surface area (TPSA) is 46.5 Å². The molecular weight excluding hydrogens is 272 g/mol. The monoisotopic (exact) mass is 284 g/mol. The van der Waals surface area contributed by atoms with Gasteiger partial charge in [0.1, 0.15) is 5.75 Å². The van der Waals surface area contributed by atoms with E-state index in [-0.39, 0.29) is 6.42 Å². The molecule has 0 atom stereocenters. The van der Waals surface area contributed by atoms with Crippen molar-refractivity contribution in [3.63, 3.8) is 0 Å². The summed E-state index contributed by atoms with van der Waals surface area (Å²) in [6, 6.07) is 5.37. The van der Waals surface area contributed by atoms with Crippen LogP contribution in [0.15, 0.2) is 24.3 Å². The van der Waals surface area contributed by atoms with Gasteiger partial charge in [0.05, 0.1) is 13.5 Å². The van der Waals surface area contributed by atoms with Gasteiger partial charge in [-0.25, -0.2) is 0 Å². The molecule has 0 saturated heterocycles. The molecule has 0 spiro atoms. The van der Waals surface area contributed by atoms with E-state index in [4.69, 9.17) is 9.84 Å². The zero-order valence-corrected chi connectivity index (χ0v) is 10.5. The summed E-state index contributed by atoms with van der Waals surface area (Å²) >= 11 is 3.29. The third-order valence-corrected chi connectivity index (χ3v) is 2.41. The maximum atomic E-state index is 10.6. The number of carboxylic acids is 1. The van der Waals surface area contributed by atoms with E-state index in [0.717, 1.165) is 22.2 Å². The van der Waals surface area contributed by atoms with Crippen LogP contribution in [0, 0.1) is 0 Å². The van der Waals surface area contributed by atoms with Crippen LogP contribution in [0.1, 0.15) is 11.1 Å². The SMILES string of the molecule is COc1ccc(CC(=O)O)cc1C=CCBr. The molecule has 0 aliphatic carbocycles. The number of benzene rings is 1. The van der Waals surface area contributed by atoms with Crippen LogP contribution in [0.4, 0.5) is 0 Å². The van der Waals surface area contributed by atoms with Crippen molar-refractivity contribution >= 4 is 28.0 Å². The number of rotatable bonds is 5. The Morgan fingerprint density at radius 3 is 2.88 bits per heavy atom. The van der Waals surface area contributed by atoms with Gasteiger partial charge in [-0.3, -0.25) is 4.79 Å². The minimum Gasteiger partial charge on any atom is -0.496 e. The maximum absolute atomic E-state index is 10.6. The highest BCUT2D eigenvalue weighted by Crippen LogP contribution is 2.21. The summed E-state index contributed by atoms with van der Waals surface area (Å²) in [6.45, 7) is 0. The van der Waals surface area contributed by atoms with Gasteiger partial charge in [-0.2, -0.15) is 0 Å². The Hall–Kier alpha value is -1.29. The van der Waals surface area contributed by atoms with E-state index in [1.165, 1.54) is 0 Å². The number of methoxy groups -OCH3 is 1. The Labute approximate surface area is 103 Å². The molecule has 1 rings (SSSR count). The Morgan fingerprint density at radius 1 is 1.56 bits per heavy atom. The van der Waals surface area contributed by atoms with Crippen LogP contribution < -0.4 is 4.74 Å². The Balaban J connectivity index is 3.00. The van der Waals surface area contributed by atoms with Crippen LogP contribution in [-0.4, -0.2) is 23.5 Å². The van der Waals surface area contributed by atoms with E-state index < -0.39 is 5.97 Å². The zero-order chi connectivity index (χ0) is 12.0. The van der Waals surface area contributed by atoms with E-state index in [1.807, 2.05) is 18.2 Å². The highest BCUT2D eigenvalue weighted by Gasteiger charge is 2.04. The van der Waals surface area contributed by atoms with Gasteiger partial charge in [-0.05, 0) is 17.7 Å². The lowest BCUT2D eigenvalue weighted by atomic mass is 10.1. The summed E-state index contributed by atoms with van der Waals surface area (Å²) in [7, 11) is 1.59. The summed E-state index contributed by atoms with van der Waals surface area (Å²) < 4.78 is 5.19. The molecule has 0 saturated carbocycles. The highest BCUT2D eigenvalue weighted by atomic mass is 79.9. The standard InChI is InChI=1S/C12H13BrO3/c1-16-11-5-4-9(8-12(14)15)7-10(11)3-2-6-13/h2-5,7H,6,8H2,1H3,(H,14,15). The first-order valence-corrected chi connectivity index (χ1v) is 5.90. The summed E-state index contributed by atoms with van der Waals surface area (Å²) in [5.74, 6) is -0.0908. The molecule has 3 nitrogen and oxygen atoms in total. The Morgan fingerprint density at radius 2 is 2.31 bits per heavy atom. The molecular formula is C12H13BrO3. The van der Waals surface area contributed by atoms with Gasteiger partial charge in [-0.1, -0.05) is 34.1 Å². The highest BCUT2D eigenvalue weighted by molar-refractivity contribution is 9.09. The van der Waals surface area contributed by atoms with Crippen molar-refractivity contribution in [1.29, 1.82) is 0 Å². The number of allylic oxidation sites excluding steroid dienone is 1. The predicted molar refractivity (Wildman–Crippen MR) is 67.2 cm³/mol. The minimum atomic E-state index is -0.833. The van der Waals surface area contributed by atoms with Gasteiger partial charge < -0.3 is 9.84 Å². The molecule has 4 heteroatoms. The summed E-state index contributed by atoms with van der Waals surface area (Å²) in [5.41, 5.74) is 1.66. The molecule has 0 heterocycles. The van der Waals surface area contributed by atoms with Gasteiger partial charge in [0.15, 0.2) is 0 Å². The number of aliphatic carboxylic acids is 1. The predicted octanol–water partition coefficient (Wildman–Crippen LogP) is 2.73.